The summed E-state index contributed by atoms with van der Waals surface area (Å²) in [4.78, 5) is 4.95. The predicted molar refractivity (Wildman–Crippen MR) is 603 cm³/mol. The Balaban J connectivity index is 0.694. The number of unbranched alkanes of at least 4 members (excludes halogenated alkanes) is 31. The number of fused-ring (bicyclic) bond motifs is 10. The molecule has 139 heavy (non-hydrogen) atoms. The van der Waals surface area contributed by atoms with Crippen molar-refractivity contribution in [2.75, 3.05) is 9.80 Å². The lowest BCUT2D eigenvalue weighted by molar-refractivity contribution is 0.397. The highest BCUT2D eigenvalue weighted by molar-refractivity contribution is 6.10. The Morgan fingerprint density at radius 2 is 0.511 bits per heavy atom. The molecule has 3 aliphatic carbocycles. The second kappa shape index (κ2) is 47.6. The Bertz CT molecular complexity index is 6440. The van der Waals surface area contributed by atoms with Gasteiger partial charge in [0.25, 0.3) is 0 Å². The highest BCUT2D eigenvalue weighted by Crippen LogP contribution is 2.59. The first-order valence-corrected chi connectivity index (χ1v) is 55.5. The standard InChI is InChI=1S/C136H157N3/c1-8-13-18-23-27-31-35-42-91-135(92-43-36-32-28-24-19-14-9-2)129-95-102(7)51-86-123(129)124-87-68-112(97-130(124)135)106-62-80-119(81-63-106)138(121-84-66-109(67-85-121)115-71-90-128-127-47-40-41-48-133(127)139(134(128)100-115)122-74-52-103(53-75-122)46-39-22-17-12-5)120-82-64-108(65-83-120)114-70-89-126-125-88-69-113(98-131(125)136(132(126)99-114,93-44-37-33-29-25-20-15-10-3)94-45-38-34-30-26-21-16-11-4)107-60-78-118(79-61-107)137(116-72-49-101(6)50-73-116)117-76-58-105(59-77-117)111-57-55-104-54-56-110(104)96-111/h40-41,47-53,55,57-90,95-100H,8-39,42-46,54,56,91-94H2,1-7H3. The van der Waals surface area contributed by atoms with Crippen molar-refractivity contribution < 1.29 is 0 Å². The van der Waals surface area contributed by atoms with E-state index < -0.39 is 0 Å². The van der Waals surface area contributed by atoms with Crippen LogP contribution in [0.3, 0.4) is 0 Å². The number of nitrogens with zero attached hydrogens (tertiary/aromatic N) is 3. The van der Waals surface area contributed by atoms with Crippen LogP contribution in [0, 0.1) is 13.8 Å². The minimum absolute atomic E-state index is 0.00552. The topological polar surface area (TPSA) is 11.4 Å². The van der Waals surface area contributed by atoms with E-state index in [9.17, 15) is 0 Å². The molecule has 0 spiro atoms. The van der Waals surface area contributed by atoms with Gasteiger partial charge in [-0.3, -0.25) is 0 Å². The average molecular weight is 1830 g/mol. The van der Waals surface area contributed by atoms with E-state index in [0.29, 0.717) is 0 Å². The lowest BCUT2D eigenvalue weighted by Crippen LogP contribution is -2.25. The lowest BCUT2D eigenvalue weighted by Gasteiger charge is -2.33. The molecule has 3 aliphatic rings. The first-order valence-electron chi connectivity index (χ1n) is 55.5. The van der Waals surface area contributed by atoms with E-state index in [-0.39, 0.29) is 10.8 Å². The molecule has 0 fully saturated rings. The summed E-state index contributed by atoms with van der Waals surface area (Å²) in [5.41, 5.74) is 42.1. The smallest absolute Gasteiger partial charge is 0.0547 e. The Kier molecular flexibility index (Phi) is 33.5. The minimum Gasteiger partial charge on any atom is -0.311 e. The quantitative estimate of drug-likeness (QED) is 0.0352. The molecule has 0 bridgehead atoms. The normalized spacial score (nSPS) is 13.1. The molecule has 0 aliphatic heterocycles. The maximum Gasteiger partial charge on any atom is 0.0547 e. The van der Waals surface area contributed by atoms with Gasteiger partial charge in [-0.25, -0.2) is 0 Å². The first kappa shape index (κ1) is 97.7. The summed E-state index contributed by atoms with van der Waals surface area (Å²) in [6.45, 7) is 16.2. The zero-order valence-electron chi connectivity index (χ0n) is 85.6. The molecule has 18 rings (SSSR count). The van der Waals surface area contributed by atoms with E-state index >= 15 is 0 Å². The molecule has 1 heterocycles. The number of para-hydroxylation sites is 1. The van der Waals surface area contributed by atoms with Crippen molar-refractivity contribution in [1.82, 2.24) is 4.57 Å². The van der Waals surface area contributed by atoms with Crippen molar-refractivity contribution in [3.8, 4) is 83.6 Å². The summed E-state index contributed by atoms with van der Waals surface area (Å²) in [6, 6.07) is 120. The van der Waals surface area contributed by atoms with Gasteiger partial charge in [-0.15, -0.1) is 0 Å². The van der Waals surface area contributed by atoms with Gasteiger partial charge in [0.05, 0.1) is 11.0 Å². The maximum absolute atomic E-state index is 2.68. The van der Waals surface area contributed by atoms with Crippen LogP contribution in [-0.2, 0) is 30.1 Å². The molecule has 716 valence electrons. The molecule has 3 nitrogen and oxygen atoms in total. The SMILES string of the molecule is CCCCCCCCCCC1(CCCCCCCCCC)c2cc(C)ccc2-c2ccc(-c3ccc(N(c4ccc(-c5ccc6c(c5)C(CCCCCCCCCC)(CCCCCCCCCC)c5cc(-c7ccc(N(c8ccc(C)cc8)c8ccc(-c9ccc%10c(c9)CC%10)cc8)cc7)ccc5-6)cc4)c4ccc(-c5ccc6c7ccccc7n(-c7ccc(CCCCCC)cc7)c6c5)cc4)cc3)cc21. The molecule has 0 amide bonds. The molecule has 15 aromatic rings. The largest absolute Gasteiger partial charge is 0.311 e. The van der Waals surface area contributed by atoms with Gasteiger partial charge in [-0.1, -0.05) is 459 Å². The van der Waals surface area contributed by atoms with E-state index in [1.54, 1.807) is 11.1 Å². The lowest BCUT2D eigenvalue weighted by atomic mass is 9.70. The fourth-order valence-electron chi connectivity index (χ4n) is 24.2. The highest BCUT2D eigenvalue weighted by atomic mass is 15.1. The van der Waals surface area contributed by atoms with Gasteiger partial charge in [0.1, 0.15) is 0 Å². The van der Waals surface area contributed by atoms with Crippen LogP contribution in [-0.4, -0.2) is 4.57 Å². The Morgan fingerprint density at radius 1 is 0.223 bits per heavy atom. The second-order valence-corrected chi connectivity index (χ2v) is 42.2. The van der Waals surface area contributed by atoms with E-state index in [0.717, 1.165) is 53.4 Å². The van der Waals surface area contributed by atoms with Crippen molar-refractivity contribution >= 4 is 55.9 Å². The van der Waals surface area contributed by atoms with Crippen molar-refractivity contribution in [3.63, 3.8) is 0 Å². The molecule has 0 radical (unpaired) electrons. The summed E-state index contributed by atoms with van der Waals surface area (Å²) < 4.78 is 2.49. The molecule has 0 saturated heterocycles. The van der Waals surface area contributed by atoms with E-state index in [4.69, 9.17) is 0 Å². The molecular formula is C136H157N3. The van der Waals surface area contributed by atoms with Crippen molar-refractivity contribution in [2.24, 2.45) is 0 Å². The number of aromatic nitrogens is 1. The second-order valence-electron chi connectivity index (χ2n) is 42.2. The molecule has 1 aromatic heterocycles. The van der Waals surface area contributed by atoms with E-state index in [2.05, 4.69) is 366 Å². The van der Waals surface area contributed by atoms with E-state index in [1.807, 2.05) is 0 Å². The van der Waals surface area contributed by atoms with Crippen LogP contribution in [0.5, 0.6) is 0 Å². The molecule has 0 atom stereocenters. The van der Waals surface area contributed by atoms with Crippen LogP contribution in [0.15, 0.2) is 303 Å². The van der Waals surface area contributed by atoms with Crippen molar-refractivity contribution in [2.45, 2.75) is 335 Å². The maximum atomic E-state index is 2.68. The number of rotatable bonds is 53. The van der Waals surface area contributed by atoms with Gasteiger partial charge in [0.2, 0.25) is 0 Å². The zero-order chi connectivity index (χ0) is 95.1. The number of hydrogen-bond donors (Lipinski definition) is 0. The van der Waals surface area contributed by atoms with Crippen LogP contribution in [0.1, 0.15) is 342 Å². The van der Waals surface area contributed by atoms with Crippen LogP contribution in [0.25, 0.3) is 105 Å². The molecule has 0 unspecified atom stereocenters. The number of anilines is 6. The molecule has 14 aromatic carbocycles. The van der Waals surface area contributed by atoms with Crippen LogP contribution < -0.4 is 9.80 Å². The summed E-state index contributed by atoms with van der Waals surface area (Å²) in [6.07, 6.45) is 55.6. The number of benzene rings is 14. The summed E-state index contributed by atoms with van der Waals surface area (Å²) in [7, 11) is 0. The third-order valence-corrected chi connectivity index (χ3v) is 32.3. The zero-order valence-corrected chi connectivity index (χ0v) is 85.6. The fourth-order valence-corrected chi connectivity index (χ4v) is 24.2. The van der Waals surface area contributed by atoms with Crippen molar-refractivity contribution in [1.29, 1.82) is 0 Å². The predicted octanol–water partition coefficient (Wildman–Crippen LogP) is 41.6. The molecule has 3 heteroatoms. The van der Waals surface area contributed by atoms with Gasteiger partial charge < -0.3 is 14.4 Å². The Morgan fingerprint density at radius 3 is 0.878 bits per heavy atom. The monoisotopic (exact) mass is 1830 g/mol. The third-order valence-electron chi connectivity index (χ3n) is 32.3. The Hall–Kier alpha value is -11.5. The Labute approximate surface area is 836 Å². The highest BCUT2D eigenvalue weighted by Gasteiger charge is 2.45. The minimum atomic E-state index is -0.137. The molecule has 0 N–H and O–H groups in total. The van der Waals surface area contributed by atoms with Gasteiger partial charge in [0, 0.05) is 61.4 Å². The first-order chi connectivity index (χ1) is 68.5. The van der Waals surface area contributed by atoms with Gasteiger partial charge in [0.15, 0.2) is 0 Å². The summed E-state index contributed by atoms with van der Waals surface area (Å²) in [5, 5.41) is 2.56. The van der Waals surface area contributed by atoms with Gasteiger partial charge in [-0.05, 0) is 297 Å². The molecular weight excluding hydrogens is 1680 g/mol. The van der Waals surface area contributed by atoms with Crippen LogP contribution in [0.4, 0.5) is 34.1 Å². The summed E-state index contributed by atoms with van der Waals surface area (Å²) in [5.74, 6) is 0. The molecule has 0 saturated carbocycles. The average Bonchev–Trinajstić information content (AvgIpc) is 1.56. The third kappa shape index (κ3) is 22.6. The van der Waals surface area contributed by atoms with Crippen LogP contribution >= 0.6 is 0 Å². The number of aryl methyl sites for hydroxylation is 5. The van der Waals surface area contributed by atoms with Gasteiger partial charge >= 0.3 is 0 Å². The summed E-state index contributed by atoms with van der Waals surface area (Å²) >= 11 is 0. The van der Waals surface area contributed by atoms with Crippen LogP contribution in [0.2, 0.25) is 0 Å². The fraction of sp³-hybridized carbons (Fsp3) is 0.382. The van der Waals surface area contributed by atoms with Crippen molar-refractivity contribution in [3.05, 3.63) is 353 Å². The van der Waals surface area contributed by atoms with E-state index in [1.165, 1.54) is 401 Å². The number of hydrogen-bond acceptors (Lipinski definition) is 2. The van der Waals surface area contributed by atoms with Gasteiger partial charge in [-0.2, -0.15) is 0 Å².